The van der Waals surface area contributed by atoms with Crippen LogP contribution in [0.1, 0.15) is 0 Å². The van der Waals surface area contributed by atoms with Crippen molar-refractivity contribution in [1.29, 1.82) is 0 Å². The van der Waals surface area contributed by atoms with Crippen LogP contribution in [0.15, 0.2) is 35.6 Å². The van der Waals surface area contributed by atoms with Crippen molar-refractivity contribution in [2.45, 2.75) is 0 Å². The summed E-state index contributed by atoms with van der Waals surface area (Å²) in [5.41, 5.74) is 0.306. The first-order valence-corrected chi connectivity index (χ1v) is 5.25. The van der Waals surface area contributed by atoms with E-state index in [2.05, 4.69) is 5.29 Å². The van der Waals surface area contributed by atoms with E-state index in [1.165, 1.54) is 12.1 Å². The monoisotopic (exact) mass is 239 g/mol. The summed E-state index contributed by atoms with van der Waals surface area (Å²) < 4.78 is 29.5. The van der Waals surface area contributed by atoms with E-state index in [1.807, 2.05) is 0 Å². The second kappa shape index (κ2) is 6.19. The number of hydrogen-bond donors (Lipinski definition) is 1. The molecule has 1 aromatic rings. The van der Waals surface area contributed by atoms with Crippen LogP contribution in [0, 0.1) is 4.91 Å². The molecule has 0 spiro atoms. The van der Waals surface area contributed by atoms with Gasteiger partial charge < -0.3 is 0 Å². The molecule has 0 atom stereocenters. The number of para-hydroxylation sites is 1. The van der Waals surface area contributed by atoms with E-state index in [1.54, 1.807) is 18.2 Å². The number of rotatable bonds is 4. The predicted molar refractivity (Wildman–Crippen MR) is 56.9 cm³/mol. The molecule has 0 saturated heterocycles. The van der Waals surface area contributed by atoms with E-state index in [0.29, 0.717) is 10.7 Å². The van der Waals surface area contributed by atoms with Gasteiger partial charge in [-0.15, -0.1) is 4.91 Å². The first-order chi connectivity index (χ1) is 6.53. The standard InChI is InChI=1S/C7H8N2O4S.Na/c10-8-9(6-14(11,12)13)7-4-2-1-3-5-7;/h1-5H,6H2,(H,11,12,13);. The summed E-state index contributed by atoms with van der Waals surface area (Å²) in [5, 5.41) is 3.14. The van der Waals surface area contributed by atoms with Crippen LogP contribution in [0.25, 0.3) is 0 Å². The first-order valence-electron chi connectivity index (χ1n) is 3.64. The molecule has 0 aromatic heterocycles. The fourth-order valence-corrected chi connectivity index (χ4v) is 1.41. The normalized spacial score (nSPS) is 10.2. The minimum absolute atomic E-state index is 0. The summed E-state index contributed by atoms with van der Waals surface area (Å²) in [7, 11) is -4.25. The van der Waals surface area contributed by atoms with Crippen LogP contribution >= 0.6 is 0 Å². The Hall–Kier alpha value is -0.470. The maximum absolute atomic E-state index is 10.5. The van der Waals surface area contributed by atoms with Crippen molar-refractivity contribution in [3.8, 4) is 0 Å². The average molecular weight is 239 g/mol. The first kappa shape index (κ1) is 14.5. The second-order valence-corrected chi connectivity index (χ2v) is 3.95. The van der Waals surface area contributed by atoms with Gasteiger partial charge in [-0.1, -0.05) is 18.2 Å². The fraction of sp³-hybridized carbons (Fsp3) is 0.143. The van der Waals surface area contributed by atoms with Crippen molar-refractivity contribution < 1.29 is 13.0 Å². The van der Waals surface area contributed by atoms with Crippen LogP contribution in [0.3, 0.4) is 0 Å². The molecule has 0 aliphatic rings. The van der Waals surface area contributed by atoms with Crippen molar-refractivity contribution >= 4 is 45.4 Å². The Labute approximate surface area is 109 Å². The topological polar surface area (TPSA) is 87.0 Å². The van der Waals surface area contributed by atoms with Gasteiger partial charge in [0.15, 0.2) is 5.88 Å². The maximum atomic E-state index is 10.5. The molecular formula is C7H8N2NaO4S. The molecule has 0 fully saturated rings. The molecule has 0 aliphatic carbocycles. The number of hydrogen-bond acceptors (Lipinski definition) is 4. The third kappa shape index (κ3) is 5.24. The summed E-state index contributed by atoms with van der Waals surface area (Å²) >= 11 is 0. The van der Waals surface area contributed by atoms with Crippen molar-refractivity contribution in [1.82, 2.24) is 0 Å². The SMILES string of the molecule is O=NN(CS(=O)(=O)O)c1ccccc1.[Na]. The molecule has 1 N–H and O–H groups in total. The Balaban J connectivity index is 0.00000196. The fourth-order valence-electron chi connectivity index (χ4n) is 0.900. The minimum Gasteiger partial charge on any atom is -0.284 e. The third-order valence-corrected chi connectivity index (χ3v) is 2.01. The molecule has 0 aliphatic heterocycles. The molecule has 0 bridgehead atoms. The minimum atomic E-state index is -4.25. The number of nitroso groups, excluding NO2 is 1. The molecule has 77 valence electrons. The van der Waals surface area contributed by atoms with Gasteiger partial charge in [-0.25, -0.2) is 5.01 Å². The van der Waals surface area contributed by atoms with Gasteiger partial charge in [0.25, 0.3) is 10.1 Å². The molecule has 6 nitrogen and oxygen atoms in total. The van der Waals surface area contributed by atoms with Gasteiger partial charge >= 0.3 is 0 Å². The maximum Gasteiger partial charge on any atom is 0.285 e. The average Bonchev–Trinajstić information content (AvgIpc) is 2.14. The van der Waals surface area contributed by atoms with Crippen LogP contribution < -0.4 is 5.01 Å². The van der Waals surface area contributed by atoms with Crippen molar-refractivity contribution in [2.75, 3.05) is 10.9 Å². The Morgan fingerprint density at radius 3 is 2.20 bits per heavy atom. The molecule has 0 saturated carbocycles. The molecule has 1 radical (unpaired) electrons. The van der Waals surface area contributed by atoms with Crippen LogP contribution in [0.5, 0.6) is 0 Å². The van der Waals surface area contributed by atoms with E-state index in [-0.39, 0.29) is 29.6 Å². The molecule has 0 heterocycles. The van der Waals surface area contributed by atoms with E-state index in [9.17, 15) is 13.3 Å². The second-order valence-electron chi connectivity index (χ2n) is 2.53. The van der Waals surface area contributed by atoms with Gasteiger partial charge in [-0.3, -0.25) is 4.55 Å². The Kier molecular flexibility index (Phi) is 5.99. The van der Waals surface area contributed by atoms with Gasteiger partial charge in [-0.05, 0) is 12.1 Å². The van der Waals surface area contributed by atoms with Crippen molar-refractivity contribution in [3.05, 3.63) is 35.2 Å². The van der Waals surface area contributed by atoms with Crippen LogP contribution in [-0.4, -0.2) is 48.4 Å². The number of nitrogens with zero attached hydrogens (tertiary/aromatic N) is 2. The molecule has 1 rings (SSSR count). The molecular weight excluding hydrogens is 231 g/mol. The predicted octanol–water partition coefficient (Wildman–Crippen LogP) is 0.639. The van der Waals surface area contributed by atoms with Gasteiger partial charge in [0.1, 0.15) is 0 Å². The van der Waals surface area contributed by atoms with Gasteiger partial charge in [0.2, 0.25) is 0 Å². The Bertz CT molecular complexity index is 408. The summed E-state index contributed by atoms with van der Waals surface area (Å²) in [6, 6.07) is 7.97. The number of anilines is 1. The van der Waals surface area contributed by atoms with E-state index in [0.717, 1.165) is 0 Å². The molecule has 8 heteroatoms. The molecule has 0 amide bonds. The Morgan fingerprint density at radius 1 is 1.27 bits per heavy atom. The zero-order valence-electron chi connectivity index (χ0n) is 8.07. The summed E-state index contributed by atoms with van der Waals surface area (Å²) in [4.78, 5) is 10.3. The zero-order valence-corrected chi connectivity index (χ0v) is 10.9. The molecule has 0 unspecified atom stereocenters. The summed E-state index contributed by atoms with van der Waals surface area (Å²) in [6.45, 7) is 0. The smallest absolute Gasteiger partial charge is 0.284 e. The summed E-state index contributed by atoms with van der Waals surface area (Å²) in [6.07, 6.45) is 0. The Morgan fingerprint density at radius 2 is 1.80 bits per heavy atom. The van der Waals surface area contributed by atoms with Crippen molar-refractivity contribution in [2.24, 2.45) is 5.29 Å². The van der Waals surface area contributed by atoms with Crippen molar-refractivity contribution in [3.63, 3.8) is 0 Å². The van der Waals surface area contributed by atoms with E-state index >= 15 is 0 Å². The van der Waals surface area contributed by atoms with E-state index < -0.39 is 16.0 Å². The quantitative estimate of drug-likeness (QED) is 0.360. The zero-order chi connectivity index (χ0) is 10.6. The van der Waals surface area contributed by atoms with Crippen LogP contribution in [0.4, 0.5) is 5.69 Å². The largest absolute Gasteiger partial charge is 0.285 e. The number of benzene rings is 1. The summed E-state index contributed by atoms with van der Waals surface area (Å²) in [5.74, 6) is -0.847. The van der Waals surface area contributed by atoms with Crippen LogP contribution in [0.2, 0.25) is 0 Å². The van der Waals surface area contributed by atoms with Gasteiger partial charge in [0, 0.05) is 29.6 Å². The molecule has 1 aromatic carbocycles. The van der Waals surface area contributed by atoms with Gasteiger partial charge in [0.05, 0.1) is 11.0 Å². The van der Waals surface area contributed by atoms with Gasteiger partial charge in [-0.2, -0.15) is 8.42 Å². The molecule has 15 heavy (non-hydrogen) atoms. The third-order valence-electron chi connectivity index (χ3n) is 1.44. The van der Waals surface area contributed by atoms with Crippen LogP contribution in [-0.2, 0) is 10.1 Å². The van der Waals surface area contributed by atoms with E-state index in [4.69, 9.17) is 4.55 Å².